The molecule has 0 aliphatic heterocycles. The van der Waals surface area contributed by atoms with E-state index in [0.29, 0.717) is 13.2 Å². The zero-order chi connectivity index (χ0) is 13.5. The Kier molecular flexibility index (Phi) is 5.65. The lowest BCUT2D eigenvalue weighted by Crippen LogP contribution is -2.34. The van der Waals surface area contributed by atoms with E-state index in [0.717, 1.165) is 17.7 Å². The number of aryl methyl sites for hydroxylation is 1. The molecule has 0 spiro atoms. The maximum Gasteiger partial charge on any atom is 0.252 e. The van der Waals surface area contributed by atoms with Crippen LogP contribution in [-0.2, 0) is 9.53 Å². The summed E-state index contributed by atoms with van der Waals surface area (Å²) in [7, 11) is 0. The maximum atomic E-state index is 12.0. The zero-order valence-electron chi connectivity index (χ0n) is 11.3. The maximum absolute atomic E-state index is 12.0. The standard InChI is InChI=1S/C14H21NO3/c1-4-8-18-10-14(17)15(5-2)13-9-12(16)7-6-11(13)3/h6-7,9,16H,4-5,8,10H2,1-3H3. The van der Waals surface area contributed by atoms with Gasteiger partial charge in [0.1, 0.15) is 12.4 Å². The van der Waals surface area contributed by atoms with Crippen molar-refractivity contribution in [2.45, 2.75) is 27.2 Å². The van der Waals surface area contributed by atoms with Crippen molar-refractivity contribution in [3.8, 4) is 5.75 Å². The Morgan fingerprint density at radius 1 is 1.39 bits per heavy atom. The Bertz CT molecular complexity index is 404. The molecule has 0 heterocycles. The minimum Gasteiger partial charge on any atom is -0.508 e. The summed E-state index contributed by atoms with van der Waals surface area (Å²) in [4.78, 5) is 13.7. The lowest BCUT2D eigenvalue weighted by atomic mass is 10.1. The predicted octanol–water partition coefficient (Wildman–Crippen LogP) is 2.48. The summed E-state index contributed by atoms with van der Waals surface area (Å²) in [5, 5.41) is 9.51. The molecule has 0 aliphatic carbocycles. The van der Waals surface area contributed by atoms with Crippen molar-refractivity contribution < 1.29 is 14.6 Å². The highest BCUT2D eigenvalue weighted by Gasteiger charge is 2.16. The minimum atomic E-state index is -0.0837. The summed E-state index contributed by atoms with van der Waals surface area (Å²) in [6.07, 6.45) is 0.893. The van der Waals surface area contributed by atoms with Gasteiger partial charge in [-0.05, 0) is 31.9 Å². The van der Waals surface area contributed by atoms with Gasteiger partial charge < -0.3 is 14.7 Å². The number of ether oxygens (including phenoxy) is 1. The molecule has 0 aromatic heterocycles. The Labute approximate surface area is 108 Å². The van der Waals surface area contributed by atoms with Gasteiger partial charge >= 0.3 is 0 Å². The van der Waals surface area contributed by atoms with Gasteiger partial charge in [0.05, 0.1) is 5.69 Å². The Balaban J connectivity index is 2.81. The molecule has 1 amide bonds. The summed E-state index contributed by atoms with van der Waals surface area (Å²) in [5.74, 6) is 0.0796. The second-order valence-electron chi connectivity index (χ2n) is 4.16. The number of anilines is 1. The molecule has 1 aromatic carbocycles. The van der Waals surface area contributed by atoms with Gasteiger partial charge in [0.2, 0.25) is 0 Å². The van der Waals surface area contributed by atoms with Crippen LogP contribution in [0.1, 0.15) is 25.8 Å². The summed E-state index contributed by atoms with van der Waals surface area (Å²) in [6.45, 7) is 7.04. The first kappa shape index (κ1) is 14.5. The number of amides is 1. The van der Waals surface area contributed by atoms with Gasteiger partial charge in [0.25, 0.3) is 5.91 Å². The number of aromatic hydroxyl groups is 1. The molecule has 0 saturated heterocycles. The van der Waals surface area contributed by atoms with Crippen LogP contribution in [0, 0.1) is 6.92 Å². The van der Waals surface area contributed by atoms with Crippen molar-refractivity contribution >= 4 is 11.6 Å². The second kappa shape index (κ2) is 7.01. The van der Waals surface area contributed by atoms with Crippen LogP contribution in [0.15, 0.2) is 18.2 Å². The van der Waals surface area contributed by atoms with Gasteiger partial charge in [-0.15, -0.1) is 0 Å². The lowest BCUT2D eigenvalue weighted by Gasteiger charge is -2.23. The summed E-state index contributed by atoms with van der Waals surface area (Å²) >= 11 is 0. The van der Waals surface area contributed by atoms with E-state index in [4.69, 9.17) is 4.74 Å². The van der Waals surface area contributed by atoms with E-state index < -0.39 is 0 Å². The number of rotatable bonds is 6. The van der Waals surface area contributed by atoms with Gasteiger partial charge in [-0.25, -0.2) is 0 Å². The molecule has 0 unspecified atom stereocenters. The van der Waals surface area contributed by atoms with Crippen LogP contribution < -0.4 is 4.90 Å². The van der Waals surface area contributed by atoms with E-state index in [1.54, 1.807) is 23.1 Å². The number of phenols is 1. The minimum absolute atomic E-state index is 0.0801. The molecule has 4 heteroatoms. The fraction of sp³-hybridized carbons (Fsp3) is 0.500. The van der Waals surface area contributed by atoms with Crippen LogP contribution in [0.3, 0.4) is 0 Å². The van der Waals surface area contributed by atoms with Crippen LogP contribution in [0.5, 0.6) is 5.75 Å². The van der Waals surface area contributed by atoms with Gasteiger partial charge in [0.15, 0.2) is 0 Å². The number of phenolic OH excluding ortho intramolecular Hbond substituents is 1. The number of hydrogen-bond donors (Lipinski definition) is 1. The van der Waals surface area contributed by atoms with E-state index in [9.17, 15) is 9.90 Å². The van der Waals surface area contributed by atoms with Gasteiger partial charge in [-0.1, -0.05) is 13.0 Å². The molecule has 0 bridgehead atoms. The van der Waals surface area contributed by atoms with Gasteiger partial charge in [-0.2, -0.15) is 0 Å². The molecule has 0 atom stereocenters. The number of benzene rings is 1. The highest BCUT2D eigenvalue weighted by atomic mass is 16.5. The molecule has 1 rings (SSSR count). The SMILES string of the molecule is CCCOCC(=O)N(CC)c1cc(O)ccc1C. The fourth-order valence-corrected chi connectivity index (χ4v) is 1.75. The molecule has 18 heavy (non-hydrogen) atoms. The molecular weight excluding hydrogens is 230 g/mol. The molecule has 4 nitrogen and oxygen atoms in total. The largest absolute Gasteiger partial charge is 0.508 e. The fourth-order valence-electron chi connectivity index (χ4n) is 1.75. The number of carbonyl (C=O) groups is 1. The molecule has 0 aliphatic rings. The second-order valence-corrected chi connectivity index (χ2v) is 4.16. The van der Waals surface area contributed by atoms with E-state index in [-0.39, 0.29) is 18.3 Å². The third-order valence-electron chi connectivity index (χ3n) is 2.67. The molecule has 100 valence electrons. The van der Waals surface area contributed by atoms with Crippen molar-refractivity contribution in [2.75, 3.05) is 24.7 Å². The third-order valence-corrected chi connectivity index (χ3v) is 2.67. The number of carbonyl (C=O) groups excluding carboxylic acids is 1. The monoisotopic (exact) mass is 251 g/mol. The average Bonchev–Trinajstić information content (AvgIpc) is 2.35. The van der Waals surface area contributed by atoms with Crippen molar-refractivity contribution in [3.63, 3.8) is 0 Å². The van der Waals surface area contributed by atoms with Crippen molar-refractivity contribution in [3.05, 3.63) is 23.8 Å². The smallest absolute Gasteiger partial charge is 0.252 e. The molecule has 0 saturated carbocycles. The quantitative estimate of drug-likeness (QED) is 0.790. The third kappa shape index (κ3) is 3.74. The van der Waals surface area contributed by atoms with Crippen molar-refractivity contribution in [1.82, 2.24) is 0 Å². The summed E-state index contributed by atoms with van der Waals surface area (Å²) in [5.41, 5.74) is 1.70. The Hall–Kier alpha value is -1.55. The van der Waals surface area contributed by atoms with Gasteiger partial charge in [0, 0.05) is 19.2 Å². The molecule has 1 aromatic rings. The highest BCUT2D eigenvalue weighted by Crippen LogP contribution is 2.24. The van der Waals surface area contributed by atoms with Crippen molar-refractivity contribution in [1.29, 1.82) is 0 Å². The first-order chi connectivity index (χ1) is 8.60. The van der Waals surface area contributed by atoms with Crippen LogP contribution in [-0.4, -0.2) is 30.8 Å². The lowest BCUT2D eigenvalue weighted by molar-refractivity contribution is -0.123. The number of nitrogens with zero attached hydrogens (tertiary/aromatic N) is 1. The molecule has 1 N–H and O–H groups in total. The number of hydrogen-bond acceptors (Lipinski definition) is 3. The van der Waals surface area contributed by atoms with E-state index in [1.165, 1.54) is 0 Å². The molecule has 0 radical (unpaired) electrons. The summed E-state index contributed by atoms with van der Waals surface area (Å²) in [6, 6.07) is 5.02. The van der Waals surface area contributed by atoms with Crippen LogP contribution >= 0.6 is 0 Å². The topological polar surface area (TPSA) is 49.8 Å². The number of likely N-dealkylation sites (N-methyl/N-ethyl adjacent to an activating group) is 1. The average molecular weight is 251 g/mol. The first-order valence-corrected chi connectivity index (χ1v) is 6.27. The van der Waals surface area contributed by atoms with Crippen LogP contribution in [0.25, 0.3) is 0 Å². The Morgan fingerprint density at radius 2 is 2.11 bits per heavy atom. The Morgan fingerprint density at radius 3 is 2.72 bits per heavy atom. The van der Waals surface area contributed by atoms with E-state index in [1.807, 2.05) is 20.8 Å². The van der Waals surface area contributed by atoms with Crippen LogP contribution in [0.2, 0.25) is 0 Å². The zero-order valence-corrected chi connectivity index (χ0v) is 11.3. The highest BCUT2D eigenvalue weighted by molar-refractivity contribution is 5.95. The predicted molar refractivity (Wildman–Crippen MR) is 72.0 cm³/mol. The summed E-state index contributed by atoms with van der Waals surface area (Å²) < 4.78 is 5.27. The normalized spacial score (nSPS) is 10.4. The molecule has 0 fully saturated rings. The van der Waals surface area contributed by atoms with Crippen LogP contribution in [0.4, 0.5) is 5.69 Å². The van der Waals surface area contributed by atoms with Gasteiger partial charge in [-0.3, -0.25) is 4.79 Å². The van der Waals surface area contributed by atoms with E-state index in [2.05, 4.69) is 0 Å². The molecular formula is C14H21NO3. The van der Waals surface area contributed by atoms with E-state index >= 15 is 0 Å². The van der Waals surface area contributed by atoms with Crippen molar-refractivity contribution in [2.24, 2.45) is 0 Å². The first-order valence-electron chi connectivity index (χ1n) is 6.27.